The molecule has 0 bridgehead atoms. The fourth-order valence-electron chi connectivity index (χ4n) is 4.87. The molecular formula is C25H30N4O5. The maximum atomic E-state index is 12.5. The van der Waals surface area contributed by atoms with E-state index in [0.29, 0.717) is 36.6 Å². The van der Waals surface area contributed by atoms with Crippen molar-refractivity contribution in [1.29, 1.82) is 0 Å². The summed E-state index contributed by atoms with van der Waals surface area (Å²) in [5.74, 6) is 2.98. The Balaban J connectivity index is 1.10. The fourth-order valence-corrected chi connectivity index (χ4v) is 4.87. The number of rotatable bonds is 7. The maximum Gasteiger partial charge on any atom is 0.265 e. The molecule has 1 fully saturated rings. The van der Waals surface area contributed by atoms with E-state index >= 15 is 0 Å². The molecule has 0 saturated heterocycles. The molecule has 1 saturated carbocycles. The second kappa shape index (κ2) is 9.89. The van der Waals surface area contributed by atoms with Gasteiger partial charge in [-0.15, -0.1) is 0 Å². The van der Waals surface area contributed by atoms with Gasteiger partial charge >= 0.3 is 0 Å². The zero-order valence-corrected chi connectivity index (χ0v) is 19.3. The second-order valence-corrected chi connectivity index (χ2v) is 9.04. The molecular weight excluding hydrogens is 436 g/mol. The molecule has 0 unspecified atom stereocenters. The number of nitrogens with zero attached hydrogens (tertiary/aromatic N) is 2. The third-order valence-corrected chi connectivity index (χ3v) is 6.82. The Morgan fingerprint density at radius 1 is 1.09 bits per heavy atom. The standard InChI is InChI=1S/C25H30N4O5/c1-32-19-7-9-21-20(12-19)29(24(31)15-34-21)11-10-16-2-4-17(5-3-16)26-13-18-6-8-22-25(27-18)28-23(30)14-33-22/h6-9,12,16-17,26H,2-5,10-11,13-15H2,1H3,(H,27,28,30). The van der Waals surface area contributed by atoms with Crippen molar-refractivity contribution in [2.75, 3.05) is 37.1 Å². The average Bonchev–Trinajstić information content (AvgIpc) is 2.87. The van der Waals surface area contributed by atoms with Crippen molar-refractivity contribution in [2.45, 2.75) is 44.7 Å². The summed E-state index contributed by atoms with van der Waals surface area (Å²) in [4.78, 5) is 30.4. The first-order chi connectivity index (χ1) is 16.6. The van der Waals surface area contributed by atoms with Crippen LogP contribution in [-0.2, 0) is 16.1 Å². The number of carbonyl (C=O) groups excluding carboxylic acids is 2. The lowest BCUT2D eigenvalue weighted by Gasteiger charge is -2.33. The summed E-state index contributed by atoms with van der Waals surface area (Å²) in [6.45, 7) is 1.47. The van der Waals surface area contributed by atoms with E-state index in [-0.39, 0.29) is 25.0 Å². The zero-order chi connectivity index (χ0) is 23.5. The van der Waals surface area contributed by atoms with Gasteiger partial charge in [0.1, 0.15) is 11.5 Å². The highest BCUT2D eigenvalue weighted by atomic mass is 16.5. The number of hydrogen-bond acceptors (Lipinski definition) is 7. The molecule has 1 aromatic carbocycles. The molecule has 34 heavy (non-hydrogen) atoms. The smallest absolute Gasteiger partial charge is 0.265 e. The lowest BCUT2D eigenvalue weighted by molar-refractivity contribution is -0.121. The van der Waals surface area contributed by atoms with Crippen LogP contribution in [0.5, 0.6) is 17.2 Å². The van der Waals surface area contributed by atoms with Gasteiger partial charge in [0.2, 0.25) is 0 Å². The number of benzene rings is 1. The predicted molar refractivity (Wildman–Crippen MR) is 126 cm³/mol. The second-order valence-electron chi connectivity index (χ2n) is 9.04. The van der Waals surface area contributed by atoms with Crippen molar-refractivity contribution in [3.8, 4) is 17.2 Å². The predicted octanol–water partition coefficient (Wildman–Crippen LogP) is 2.89. The Morgan fingerprint density at radius 3 is 2.71 bits per heavy atom. The van der Waals surface area contributed by atoms with Gasteiger partial charge in [0.25, 0.3) is 11.8 Å². The molecule has 1 aliphatic carbocycles. The van der Waals surface area contributed by atoms with Crippen molar-refractivity contribution in [1.82, 2.24) is 10.3 Å². The fraction of sp³-hybridized carbons (Fsp3) is 0.480. The highest BCUT2D eigenvalue weighted by Gasteiger charge is 2.28. The number of nitrogens with one attached hydrogen (secondary N) is 2. The van der Waals surface area contributed by atoms with Crippen LogP contribution in [0.1, 0.15) is 37.8 Å². The van der Waals surface area contributed by atoms with Gasteiger partial charge in [-0.3, -0.25) is 9.59 Å². The molecule has 0 atom stereocenters. The van der Waals surface area contributed by atoms with Gasteiger partial charge in [-0.25, -0.2) is 4.98 Å². The van der Waals surface area contributed by atoms with Gasteiger partial charge in [-0.2, -0.15) is 0 Å². The van der Waals surface area contributed by atoms with Crippen LogP contribution in [0.25, 0.3) is 0 Å². The zero-order valence-electron chi connectivity index (χ0n) is 19.3. The first kappa shape index (κ1) is 22.5. The molecule has 2 aliphatic heterocycles. The number of fused-ring (bicyclic) bond motifs is 2. The number of anilines is 2. The number of ether oxygens (including phenoxy) is 3. The van der Waals surface area contributed by atoms with Crippen molar-refractivity contribution < 1.29 is 23.8 Å². The topological polar surface area (TPSA) is 102 Å². The van der Waals surface area contributed by atoms with E-state index in [4.69, 9.17) is 14.2 Å². The van der Waals surface area contributed by atoms with Crippen LogP contribution in [0, 0.1) is 5.92 Å². The molecule has 0 radical (unpaired) electrons. The van der Waals surface area contributed by atoms with Gasteiger partial charge in [0.05, 0.1) is 18.5 Å². The van der Waals surface area contributed by atoms with E-state index in [0.717, 1.165) is 55.0 Å². The Hall–Kier alpha value is -3.33. The number of pyridine rings is 1. The lowest BCUT2D eigenvalue weighted by atomic mass is 9.84. The first-order valence-corrected chi connectivity index (χ1v) is 11.9. The molecule has 2 N–H and O–H groups in total. The maximum absolute atomic E-state index is 12.5. The highest BCUT2D eigenvalue weighted by molar-refractivity contribution is 5.98. The summed E-state index contributed by atoms with van der Waals surface area (Å²) in [5, 5.41) is 6.36. The van der Waals surface area contributed by atoms with Crippen molar-refractivity contribution in [3.63, 3.8) is 0 Å². The van der Waals surface area contributed by atoms with E-state index in [1.165, 1.54) is 0 Å². The molecule has 0 spiro atoms. The number of aromatic nitrogens is 1. The molecule has 2 aromatic rings. The molecule has 180 valence electrons. The van der Waals surface area contributed by atoms with E-state index in [1.807, 2.05) is 35.2 Å². The number of carbonyl (C=O) groups is 2. The minimum atomic E-state index is -0.176. The third kappa shape index (κ3) is 4.94. The highest BCUT2D eigenvalue weighted by Crippen LogP contribution is 2.36. The summed E-state index contributed by atoms with van der Waals surface area (Å²) in [6, 6.07) is 9.82. The number of amides is 2. The lowest BCUT2D eigenvalue weighted by Crippen LogP contribution is -2.40. The van der Waals surface area contributed by atoms with Gasteiger partial charge < -0.3 is 29.7 Å². The third-order valence-electron chi connectivity index (χ3n) is 6.82. The summed E-state index contributed by atoms with van der Waals surface area (Å²) in [7, 11) is 1.62. The van der Waals surface area contributed by atoms with Gasteiger partial charge in [0.15, 0.2) is 24.8 Å². The molecule has 1 aromatic heterocycles. The van der Waals surface area contributed by atoms with E-state index in [1.54, 1.807) is 7.11 Å². The normalized spacial score (nSPS) is 21.6. The average molecular weight is 467 g/mol. The quantitative estimate of drug-likeness (QED) is 0.647. The summed E-state index contributed by atoms with van der Waals surface area (Å²) in [6.07, 6.45) is 5.42. The van der Waals surface area contributed by atoms with E-state index < -0.39 is 0 Å². The van der Waals surface area contributed by atoms with Crippen molar-refractivity contribution in [2.24, 2.45) is 5.92 Å². The van der Waals surface area contributed by atoms with Crippen molar-refractivity contribution in [3.05, 3.63) is 36.0 Å². The molecule has 2 amide bonds. The van der Waals surface area contributed by atoms with E-state index in [2.05, 4.69) is 15.6 Å². The SMILES string of the molecule is COc1ccc2c(c1)N(CCC1CCC(NCc3ccc4c(n3)NC(=O)CO4)CC1)C(=O)CO2. The largest absolute Gasteiger partial charge is 0.497 e. The van der Waals surface area contributed by atoms with Crippen LogP contribution in [0.4, 0.5) is 11.5 Å². The molecule has 3 heterocycles. The minimum absolute atomic E-state index is 0.00440. The Labute approximate surface area is 198 Å². The Bertz CT molecular complexity index is 1070. The van der Waals surface area contributed by atoms with Crippen LogP contribution in [0.15, 0.2) is 30.3 Å². The number of hydrogen-bond donors (Lipinski definition) is 2. The molecule has 3 aliphatic rings. The Morgan fingerprint density at radius 2 is 1.88 bits per heavy atom. The summed E-state index contributed by atoms with van der Waals surface area (Å²) in [5.41, 5.74) is 1.68. The van der Waals surface area contributed by atoms with Gasteiger partial charge in [-0.1, -0.05) is 0 Å². The Kier molecular flexibility index (Phi) is 6.53. The van der Waals surface area contributed by atoms with Gasteiger partial charge in [0, 0.05) is 25.2 Å². The van der Waals surface area contributed by atoms with Crippen LogP contribution >= 0.6 is 0 Å². The van der Waals surface area contributed by atoms with Crippen LogP contribution < -0.4 is 29.7 Å². The first-order valence-electron chi connectivity index (χ1n) is 11.9. The van der Waals surface area contributed by atoms with Crippen LogP contribution in [0.3, 0.4) is 0 Å². The minimum Gasteiger partial charge on any atom is -0.497 e. The van der Waals surface area contributed by atoms with Gasteiger partial charge in [-0.05, 0) is 62.3 Å². The van der Waals surface area contributed by atoms with Crippen LogP contribution in [0.2, 0.25) is 0 Å². The van der Waals surface area contributed by atoms with Crippen LogP contribution in [-0.4, -0.2) is 49.7 Å². The summed E-state index contributed by atoms with van der Waals surface area (Å²) < 4.78 is 16.3. The van der Waals surface area contributed by atoms with Crippen molar-refractivity contribution >= 4 is 23.3 Å². The number of methoxy groups -OCH3 is 1. The molecule has 9 nitrogen and oxygen atoms in total. The summed E-state index contributed by atoms with van der Waals surface area (Å²) >= 11 is 0. The molecule has 9 heteroatoms. The molecule has 5 rings (SSSR count). The van der Waals surface area contributed by atoms with E-state index in [9.17, 15) is 9.59 Å². The monoisotopic (exact) mass is 466 g/mol.